The zero-order valence-corrected chi connectivity index (χ0v) is 10.5. The van der Waals surface area contributed by atoms with Crippen molar-refractivity contribution >= 4 is 21.6 Å². The van der Waals surface area contributed by atoms with Gasteiger partial charge in [0.15, 0.2) is 11.6 Å². The predicted molar refractivity (Wildman–Crippen MR) is 62.3 cm³/mol. The van der Waals surface area contributed by atoms with Crippen molar-refractivity contribution < 1.29 is 17.2 Å². The van der Waals surface area contributed by atoms with Gasteiger partial charge in [-0.2, -0.15) is 0 Å². The highest BCUT2D eigenvalue weighted by atomic mass is 35.5. The molecule has 0 heterocycles. The van der Waals surface area contributed by atoms with E-state index in [-0.39, 0.29) is 18.2 Å². The number of alkyl halides is 1. The standard InChI is InChI=1S/C10H12ClF2NO2S/c11-4-1-5-17(15,16)14-7-8-2-3-9(12)10(13)6-8/h2-3,6,14H,1,4-5,7H2. The molecule has 0 saturated carbocycles. The fourth-order valence-corrected chi connectivity index (χ4v) is 2.51. The largest absolute Gasteiger partial charge is 0.212 e. The Kier molecular flexibility index (Phi) is 5.30. The van der Waals surface area contributed by atoms with Crippen molar-refractivity contribution in [2.45, 2.75) is 13.0 Å². The van der Waals surface area contributed by atoms with E-state index in [1.165, 1.54) is 6.07 Å². The third-order valence-electron chi connectivity index (χ3n) is 2.03. The van der Waals surface area contributed by atoms with Gasteiger partial charge in [0.25, 0.3) is 0 Å². The predicted octanol–water partition coefficient (Wildman–Crippen LogP) is 2.01. The lowest BCUT2D eigenvalue weighted by Gasteiger charge is -2.06. The first kappa shape index (κ1) is 14.3. The molecule has 0 aliphatic carbocycles. The van der Waals surface area contributed by atoms with Crippen molar-refractivity contribution in [3.63, 3.8) is 0 Å². The van der Waals surface area contributed by atoms with E-state index in [2.05, 4.69) is 4.72 Å². The van der Waals surface area contributed by atoms with E-state index in [0.717, 1.165) is 12.1 Å². The summed E-state index contributed by atoms with van der Waals surface area (Å²) < 4.78 is 50.5. The quantitative estimate of drug-likeness (QED) is 0.812. The minimum absolute atomic E-state index is 0.0676. The molecule has 1 rings (SSSR count). The Morgan fingerprint density at radius 3 is 2.53 bits per heavy atom. The first-order valence-corrected chi connectivity index (χ1v) is 7.10. The lowest BCUT2D eigenvalue weighted by Crippen LogP contribution is -2.26. The summed E-state index contributed by atoms with van der Waals surface area (Å²) in [6.45, 7) is -0.0676. The molecule has 17 heavy (non-hydrogen) atoms. The summed E-state index contributed by atoms with van der Waals surface area (Å²) in [4.78, 5) is 0. The van der Waals surface area contributed by atoms with Gasteiger partial charge in [0.1, 0.15) is 0 Å². The number of hydrogen-bond donors (Lipinski definition) is 1. The van der Waals surface area contributed by atoms with E-state index in [4.69, 9.17) is 11.6 Å². The molecule has 0 bridgehead atoms. The smallest absolute Gasteiger partial charge is 0.211 e. The SMILES string of the molecule is O=S(=O)(CCCCl)NCc1ccc(F)c(F)c1. The molecule has 0 radical (unpaired) electrons. The van der Waals surface area contributed by atoms with Crippen LogP contribution in [0.25, 0.3) is 0 Å². The van der Waals surface area contributed by atoms with Crippen LogP contribution in [0.5, 0.6) is 0 Å². The number of hydrogen-bond acceptors (Lipinski definition) is 2. The fourth-order valence-electron chi connectivity index (χ4n) is 1.16. The summed E-state index contributed by atoms with van der Waals surface area (Å²) in [6, 6.07) is 3.24. The van der Waals surface area contributed by atoms with Crippen LogP contribution in [0.1, 0.15) is 12.0 Å². The van der Waals surface area contributed by atoms with E-state index in [1.54, 1.807) is 0 Å². The molecule has 0 amide bonds. The topological polar surface area (TPSA) is 46.2 Å². The van der Waals surface area contributed by atoms with Gasteiger partial charge in [-0.15, -0.1) is 11.6 Å². The molecule has 0 aliphatic rings. The lowest BCUT2D eigenvalue weighted by atomic mass is 10.2. The molecule has 0 spiro atoms. The average molecular weight is 284 g/mol. The van der Waals surface area contributed by atoms with Crippen molar-refractivity contribution in [3.05, 3.63) is 35.4 Å². The molecule has 0 aliphatic heterocycles. The molecule has 0 fully saturated rings. The van der Waals surface area contributed by atoms with Crippen LogP contribution in [-0.4, -0.2) is 20.1 Å². The van der Waals surface area contributed by atoms with Gasteiger partial charge in [-0.05, 0) is 24.1 Å². The monoisotopic (exact) mass is 283 g/mol. The number of nitrogens with one attached hydrogen (secondary N) is 1. The molecule has 96 valence electrons. The maximum atomic E-state index is 12.8. The van der Waals surface area contributed by atoms with Gasteiger partial charge in [0, 0.05) is 12.4 Å². The van der Waals surface area contributed by atoms with Gasteiger partial charge in [-0.3, -0.25) is 0 Å². The van der Waals surface area contributed by atoms with Crippen LogP contribution < -0.4 is 4.72 Å². The Morgan fingerprint density at radius 2 is 1.94 bits per heavy atom. The van der Waals surface area contributed by atoms with Gasteiger partial charge in [-0.1, -0.05) is 6.07 Å². The van der Waals surface area contributed by atoms with E-state index in [1.807, 2.05) is 0 Å². The highest BCUT2D eigenvalue weighted by molar-refractivity contribution is 7.89. The molecule has 0 atom stereocenters. The Labute approximate surface area is 104 Å². The van der Waals surface area contributed by atoms with Crippen molar-refractivity contribution in [2.75, 3.05) is 11.6 Å². The van der Waals surface area contributed by atoms with Gasteiger partial charge in [0.05, 0.1) is 5.75 Å². The molecular formula is C10H12ClF2NO2S. The van der Waals surface area contributed by atoms with Gasteiger partial charge in [-0.25, -0.2) is 21.9 Å². The van der Waals surface area contributed by atoms with E-state index < -0.39 is 21.7 Å². The normalized spacial score (nSPS) is 11.7. The Morgan fingerprint density at radius 1 is 1.24 bits per heavy atom. The van der Waals surface area contributed by atoms with Crippen molar-refractivity contribution in [3.8, 4) is 0 Å². The summed E-state index contributed by atoms with van der Waals surface area (Å²) >= 11 is 5.38. The highest BCUT2D eigenvalue weighted by Gasteiger charge is 2.10. The molecular weight excluding hydrogens is 272 g/mol. The van der Waals surface area contributed by atoms with E-state index in [9.17, 15) is 17.2 Å². The first-order chi connectivity index (χ1) is 7.94. The first-order valence-electron chi connectivity index (χ1n) is 4.92. The van der Waals surface area contributed by atoms with E-state index >= 15 is 0 Å². The van der Waals surface area contributed by atoms with Crippen LogP contribution >= 0.6 is 11.6 Å². The van der Waals surface area contributed by atoms with Crippen molar-refractivity contribution in [1.82, 2.24) is 4.72 Å². The zero-order chi connectivity index (χ0) is 12.9. The molecule has 1 aromatic carbocycles. The summed E-state index contributed by atoms with van der Waals surface area (Å²) in [5.74, 6) is -1.78. The molecule has 1 N–H and O–H groups in total. The Balaban J connectivity index is 2.58. The van der Waals surface area contributed by atoms with Crippen molar-refractivity contribution in [2.24, 2.45) is 0 Å². The summed E-state index contributed by atoms with van der Waals surface area (Å²) in [7, 11) is -3.42. The number of benzene rings is 1. The van der Waals surface area contributed by atoms with Crippen LogP contribution in [0.4, 0.5) is 8.78 Å². The molecule has 7 heteroatoms. The van der Waals surface area contributed by atoms with Crippen LogP contribution in [0.3, 0.4) is 0 Å². The molecule has 0 aromatic heterocycles. The number of sulfonamides is 1. The number of halogens is 3. The second kappa shape index (κ2) is 6.28. The average Bonchev–Trinajstić information content (AvgIpc) is 2.28. The second-order valence-corrected chi connectivity index (χ2v) is 5.74. The Hall–Kier alpha value is -0.720. The van der Waals surface area contributed by atoms with Crippen LogP contribution in [0.15, 0.2) is 18.2 Å². The van der Waals surface area contributed by atoms with Gasteiger partial charge >= 0.3 is 0 Å². The highest BCUT2D eigenvalue weighted by Crippen LogP contribution is 2.08. The van der Waals surface area contributed by atoms with E-state index in [0.29, 0.717) is 12.0 Å². The minimum Gasteiger partial charge on any atom is -0.212 e. The van der Waals surface area contributed by atoms with Gasteiger partial charge < -0.3 is 0 Å². The molecule has 0 saturated heterocycles. The van der Waals surface area contributed by atoms with Crippen LogP contribution in [0.2, 0.25) is 0 Å². The minimum atomic E-state index is -3.42. The second-order valence-electron chi connectivity index (χ2n) is 3.43. The fraction of sp³-hybridized carbons (Fsp3) is 0.400. The maximum Gasteiger partial charge on any atom is 0.211 e. The van der Waals surface area contributed by atoms with Gasteiger partial charge in [0.2, 0.25) is 10.0 Å². The van der Waals surface area contributed by atoms with Crippen LogP contribution in [-0.2, 0) is 16.6 Å². The maximum absolute atomic E-state index is 12.8. The molecule has 0 unspecified atom stereocenters. The van der Waals surface area contributed by atoms with Crippen molar-refractivity contribution in [1.29, 1.82) is 0 Å². The third kappa shape index (κ3) is 4.97. The lowest BCUT2D eigenvalue weighted by molar-refractivity contribution is 0.506. The Bertz CT molecular complexity index is 479. The number of rotatable bonds is 6. The summed E-state index contributed by atoms with van der Waals surface area (Å²) in [5, 5.41) is 0. The molecule has 3 nitrogen and oxygen atoms in total. The zero-order valence-electron chi connectivity index (χ0n) is 8.92. The third-order valence-corrected chi connectivity index (χ3v) is 3.70. The summed E-state index contributed by atoms with van der Waals surface area (Å²) in [5.41, 5.74) is 0.360. The van der Waals surface area contributed by atoms with Crippen LogP contribution in [0, 0.1) is 11.6 Å². The summed E-state index contributed by atoms with van der Waals surface area (Å²) in [6.07, 6.45) is 0.342. The molecule has 1 aromatic rings.